The molecule has 0 saturated carbocycles. The summed E-state index contributed by atoms with van der Waals surface area (Å²) in [6, 6.07) is 14.8. The number of hydroxylamine groups is 1. The number of aliphatic hydroxyl groups excluding tert-OH is 1. The summed E-state index contributed by atoms with van der Waals surface area (Å²) < 4.78 is 45.7. The van der Waals surface area contributed by atoms with Crippen molar-refractivity contribution in [3.05, 3.63) is 82.4 Å². The van der Waals surface area contributed by atoms with E-state index in [4.69, 9.17) is 19.0 Å². The van der Waals surface area contributed by atoms with Crippen LogP contribution in [-0.4, -0.2) is 46.0 Å². The van der Waals surface area contributed by atoms with Crippen molar-refractivity contribution in [2.45, 2.75) is 37.8 Å². The number of hydrogen-bond donors (Lipinski definition) is 3. The number of aliphatic hydroxyl groups is 1. The fourth-order valence-corrected chi connectivity index (χ4v) is 5.98. The van der Waals surface area contributed by atoms with Gasteiger partial charge in [0.25, 0.3) is 5.91 Å². The van der Waals surface area contributed by atoms with Crippen LogP contribution in [0.5, 0.6) is 17.2 Å². The average molecular weight is 543 g/mol. The van der Waals surface area contributed by atoms with E-state index in [9.17, 15) is 18.3 Å². The van der Waals surface area contributed by atoms with Crippen molar-refractivity contribution in [2.75, 3.05) is 20.5 Å². The van der Waals surface area contributed by atoms with Crippen LogP contribution in [0.15, 0.2) is 59.5 Å². The predicted octanol–water partition coefficient (Wildman–Crippen LogP) is 2.52. The molecular weight excluding hydrogens is 512 g/mol. The number of fused-ring (bicyclic) bond motifs is 1. The molecule has 1 aliphatic heterocycles. The number of nitrogens with one attached hydrogen (secondary N) is 2. The zero-order valence-electron chi connectivity index (χ0n) is 21.3. The van der Waals surface area contributed by atoms with E-state index in [0.717, 1.165) is 11.1 Å². The lowest BCUT2D eigenvalue weighted by Gasteiger charge is -2.21. The fourth-order valence-electron chi connectivity index (χ4n) is 4.29. The minimum Gasteiger partial charge on any atom is -0.496 e. The Balaban J connectivity index is 1.55. The molecule has 1 amide bonds. The number of rotatable bonds is 11. The van der Waals surface area contributed by atoms with Crippen LogP contribution in [0.1, 0.15) is 27.8 Å². The molecule has 1 heterocycles. The summed E-state index contributed by atoms with van der Waals surface area (Å²) in [6.07, 6.45) is 0.367. The Bertz CT molecular complexity index is 1410. The number of sulfonamides is 1. The van der Waals surface area contributed by atoms with Crippen molar-refractivity contribution < 1.29 is 37.4 Å². The Morgan fingerprint density at radius 2 is 1.79 bits per heavy atom. The molecule has 3 aromatic rings. The quantitative estimate of drug-likeness (QED) is 0.315. The molecule has 0 radical (unpaired) electrons. The lowest BCUT2D eigenvalue weighted by Crippen LogP contribution is -2.49. The lowest BCUT2D eigenvalue weighted by molar-refractivity contribution is -0.137. The van der Waals surface area contributed by atoms with E-state index in [0.29, 0.717) is 40.4 Å². The van der Waals surface area contributed by atoms with Crippen LogP contribution in [0.2, 0.25) is 0 Å². The molecule has 10 nitrogen and oxygen atoms in total. The van der Waals surface area contributed by atoms with Gasteiger partial charge in [-0.2, -0.15) is 4.72 Å². The summed E-state index contributed by atoms with van der Waals surface area (Å²) in [6.45, 7) is 2.79. The zero-order valence-corrected chi connectivity index (χ0v) is 22.1. The van der Waals surface area contributed by atoms with Gasteiger partial charge in [-0.3, -0.25) is 9.63 Å². The summed E-state index contributed by atoms with van der Waals surface area (Å²) in [5.74, 6) is 0.973. The van der Waals surface area contributed by atoms with Gasteiger partial charge in [-0.25, -0.2) is 13.9 Å². The molecule has 11 heteroatoms. The van der Waals surface area contributed by atoms with Gasteiger partial charge in [0.2, 0.25) is 16.8 Å². The molecule has 0 spiro atoms. The van der Waals surface area contributed by atoms with Gasteiger partial charge >= 0.3 is 0 Å². The van der Waals surface area contributed by atoms with Gasteiger partial charge in [0.1, 0.15) is 11.8 Å². The molecule has 38 heavy (non-hydrogen) atoms. The minimum atomic E-state index is -4.23. The largest absolute Gasteiger partial charge is 0.496 e. The number of benzene rings is 3. The van der Waals surface area contributed by atoms with E-state index in [1.54, 1.807) is 26.0 Å². The molecule has 0 bridgehead atoms. The average Bonchev–Trinajstić information content (AvgIpc) is 3.37. The highest BCUT2D eigenvalue weighted by atomic mass is 32.2. The highest BCUT2D eigenvalue weighted by Crippen LogP contribution is 2.36. The maximum Gasteiger partial charge on any atom is 0.264 e. The van der Waals surface area contributed by atoms with Crippen LogP contribution >= 0.6 is 0 Å². The van der Waals surface area contributed by atoms with Crippen LogP contribution in [0.25, 0.3) is 0 Å². The first kappa shape index (κ1) is 27.4. The second-order valence-corrected chi connectivity index (χ2v) is 10.4. The Labute approximate surface area is 221 Å². The number of methoxy groups -OCH3 is 1. The molecule has 3 aromatic carbocycles. The van der Waals surface area contributed by atoms with Crippen molar-refractivity contribution >= 4 is 15.9 Å². The third kappa shape index (κ3) is 6.08. The Morgan fingerprint density at radius 1 is 1.05 bits per heavy atom. The van der Waals surface area contributed by atoms with Crippen LogP contribution in [0, 0.1) is 13.8 Å². The van der Waals surface area contributed by atoms with E-state index >= 15 is 0 Å². The molecule has 0 unspecified atom stereocenters. The molecule has 202 valence electrons. The molecule has 1 aliphatic rings. The number of carbonyl (C=O) groups is 1. The highest BCUT2D eigenvalue weighted by molar-refractivity contribution is 7.89. The van der Waals surface area contributed by atoms with E-state index < -0.39 is 28.6 Å². The Morgan fingerprint density at radius 3 is 2.50 bits per heavy atom. The van der Waals surface area contributed by atoms with E-state index in [1.807, 2.05) is 42.5 Å². The molecule has 3 N–H and O–H groups in total. The first-order valence-corrected chi connectivity index (χ1v) is 13.4. The second kappa shape index (κ2) is 11.8. The third-order valence-electron chi connectivity index (χ3n) is 6.15. The first-order chi connectivity index (χ1) is 18.2. The molecular formula is C27H30N2O8S. The van der Waals surface area contributed by atoms with E-state index in [2.05, 4.69) is 10.2 Å². The zero-order chi connectivity index (χ0) is 27.3. The van der Waals surface area contributed by atoms with Gasteiger partial charge in [-0.15, -0.1) is 0 Å². The highest BCUT2D eigenvalue weighted by Gasteiger charge is 2.30. The summed E-state index contributed by atoms with van der Waals surface area (Å²) in [7, 11) is -2.71. The topological polar surface area (TPSA) is 132 Å². The molecule has 0 fully saturated rings. The molecule has 0 aliphatic carbocycles. The summed E-state index contributed by atoms with van der Waals surface area (Å²) in [5.41, 5.74) is 5.44. The van der Waals surface area contributed by atoms with E-state index in [1.165, 1.54) is 7.11 Å². The summed E-state index contributed by atoms with van der Waals surface area (Å²) in [4.78, 5) is 17.8. The summed E-state index contributed by atoms with van der Waals surface area (Å²) in [5, 5.41) is 9.78. The van der Waals surface area contributed by atoms with Crippen molar-refractivity contribution in [3.63, 3.8) is 0 Å². The Kier molecular flexibility index (Phi) is 8.52. The third-order valence-corrected chi connectivity index (χ3v) is 7.91. The number of ether oxygens (including phenoxy) is 3. The fraction of sp³-hybridized carbons (Fsp3) is 0.296. The van der Waals surface area contributed by atoms with Crippen LogP contribution in [0.3, 0.4) is 0 Å². The SMILES string of the molecule is COc1cc(C)c(S(=O)(=O)N[C@H](CO)C(=O)NOCc2ccccc2)c(C)c1Cc1ccc2c(c1)OCO2. The van der Waals surface area contributed by atoms with Crippen LogP contribution < -0.4 is 24.4 Å². The Hall–Kier alpha value is -3.64. The van der Waals surface area contributed by atoms with Crippen molar-refractivity contribution in [1.82, 2.24) is 10.2 Å². The van der Waals surface area contributed by atoms with Gasteiger partial charge in [0.15, 0.2) is 11.5 Å². The van der Waals surface area contributed by atoms with Gasteiger partial charge in [0, 0.05) is 12.0 Å². The smallest absolute Gasteiger partial charge is 0.264 e. The van der Waals surface area contributed by atoms with Gasteiger partial charge in [-0.1, -0.05) is 36.4 Å². The number of carbonyl (C=O) groups excluding carboxylic acids is 1. The van der Waals surface area contributed by atoms with Crippen LogP contribution in [-0.2, 0) is 32.7 Å². The standard InChI is InChI=1S/C27H30N2O8S/c1-17-11-24(34-3)21(12-20-9-10-23-25(13-20)36-16-35-23)18(2)26(17)38(32,33)29-22(14-30)27(31)28-37-15-19-7-5-4-6-8-19/h4-11,13,22,29-30H,12,14-16H2,1-3H3,(H,28,31)/t22-/m1/s1. The summed E-state index contributed by atoms with van der Waals surface area (Å²) >= 11 is 0. The lowest BCUT2D eigenvalue weighted by atomic mass is 9.97. The van der Waals surface area contributed by atoms with Crippen molar-refractivity contribution in [2.24, 2.45) is 0 Å². The van der Waals surface area contributed by atoms with Crippen molar-refractivity contribution in [3.8, 4) is 17.2 Å². The minimum absolute atomic E-state index is 0.00509. The predicted molar refractivity (Wildman–Crippen MR) is 138 cm³/mol. The van der Waals surface area contributed by atoms with Gasteiger partial charge < -0.3 is 19.3 Å². The maximum absolute atomic E-state index is 13.5. The maximum atomic E-state index is 13.5. The molecule has 1 atom stereocenters. The molecule has 0 saturated heterocycles. The normalized spacial score (nSPS) is 13.3. The first-order valence-electron chi connectivity index (χ1n) is 11.9. The van der Waals surface area contributed by atoms with Gasteiger partial charge in [0.05, 0.1) is 25.2 Å². The molecule has 0 aromatic heterocycles. The second-order valence-electron chi connectivity index (χ2n) is 8.79. The van der Waals surface area contributed by atoms with Crippen LogP contribution in [0.4, 0.5) is 0 Å². The van der Waals surface area contributed by atoms with Crippen molar-refractivity contribution in [1.29, 1.82) is 0 Å². The molecule has 4 rings (SSSR count). The number of amides is 1. The van der Waals surface area contributed by atoms with E-state index in [-0.39, 0.29) is 18.3 Å². The number of aryl methyl sites for hydroxylation is 1. The monoisotopic (exact) mass is 542 g/mol. The van der Waals surface area contributed by atoms with Gasteiger partial charge in [-0.05, 0) is 54.3 Å². The number of hydrogen-bond acceptors (Lipinski definition) is 8.